The Hall–Kier alpha value is -1.82. The van der Waals surface area contributed by atoms with Crippen LogP contribution in [-0.2, 0) is 0 Å². The zero-order valence-electron chi connectivity index (χ0n) is 9.79. The van der Waals surface area contributed by atoms with E-state index in [1.54, 1.807) is 19.1 Å². The van der Waals surface area contributed by atoms with Gasteiger partial charge >= 0.3 is 12.0 Å². The normalized spacial score (nSPS) is 9.67. The molecule has 0 saturated carbocycles. The highest BCUT2D eigenvalue weighted by molar-refractivity contribution is 9.10. The van der Waals surface area contributed by atoms with Crippen LogP contribution in [-0.4, -0.2) is 23.7 Å². The van der Waals surface area contributed by atoms with Gasteiger partial charge in [0.15, 0.2) is 0 Å². The minimum absolute atomic E-state index is 0.0905. The lowest BCUT2D eigenvalue weighted by atomic mass is 10.2. The number of hydrogen-bond donors (Lipinski definition) is 3. The molecule has 0 radical (unpaired) electrons. The average molecular weight is 313 g/mol. The molecule has 0 aliphatic heterocycles. The van der Waals surface area contributed by atoms with Gasteiger partial charge in [-0.05, 0) is 41.1 Å². The van der Waals surface area contributed by atoms with Gasteiger partial charge in [-0.2, -0.15) is 0 Å². The molecule has 3 N–H and O–H groups in total. The van der Waals surface area contributed by atoms with Crippen molar-refractivity contribution in [2.45, 2.75) is 6.92 Å². The summed E-state index contributed by atoms with van der Waals surface area (Å²) in [5, 5.41) is 14.1. The molecule has 1 aromatic rings. The molecule has 0 aliphatic carbocycles. The molecule has 0 atom stereocenters. The van der Waals surface area contributed by atoms with Gasteiger partial charge in [-0.3, -0.25) is 0 Å². The second kappa shape index (κ2) is 6.20. The third-order valence-corrected chi connectivity index (χ3v) is 2.70. The zero-order chi connectivity index (χ0) is 13.7. The highest BCUT2D eigenvalue weighted by Gasteiger charge is 2.10. The first-order chi connectivity index (χ1) is 8.40. The van der Waals surface area contributed by atoms with E-state index < -0.39 is 12.0 Å². The van der Waals surface area contributed by atoms with Crippen molar-refractivity contribution < 1.29 is 14.7 Å². The van der Waals surface area contributed by atoms with E-state index in [0.717, 1.165) is 5.57 Å². The summed E-state index contributed by atoms with van der Waals surface area (Å²) in [7, 11) is 0. The van der Waals surface area contributed by atoms with Crippen LogP contribution in [0.1, 0.15) is 17.3 Å². The molecule has 0 spiro atoms. The number of anilines is 1. The van der Waals surface area contributed by atoms with Crippen molar-refractivity contribution in [3.63, 3.8) is 0 Å². The Balaban J connectivity index is 2.73. The molecule has 1 aromatic carbocycles. The second-order valence-electron chi connectivity index (χ2n) is 3.76. The topological polar surface area (TPSA) is 78.4 Å². The summed E-state index contributed by atoms with van der Waals surface area (Å²) in [6.07, 6.45) is 0. The van der Waals surface area contributed by atoms with Gasteiger partial charge in [-0.1, -0.05) is 12.2 Å². The molecule has 0 bridgehead atoms. The number of carbonyl (C=O) groups excluding carboxylic acids is 1. The summed E-state index contributed by atoms with van der Waals surface area (Å²) in [6.45, 7) is 5.82. The van der Waals surface area contributed by atoms with Gasteiger partial charge in [0.2, 0.25) is 0 Å². The van der Waals surface area contributed by atoms with Gasteiger partial charge in [0.05, 0.1) is 5.56 Å². The molecular weight excluding hydrogens is 300 g/mol. The van der Waals surface area contributed by atoms with Crippen molar-refractivity contribution in [1.82, 2.24) is 5.32 Å². The molecule has 2 amide bonds. The summed E-state index contributed by atoms with van der Waals surface area (Å²) in [6, 6.07) is 4.15. The number of carbonyl (C=O) groups is 2. The molecule has 6 heteroatoms. The number of nitrogens with one attached hydrogen (secondary N) is 2. The molecule has 18 heavy (non-hydrogen) atoms. The number of hydrogen-bond acceptors (Lipinski definition) is 2. The minimum Gasteiger partial charge on any atom is -0.478 e. The molecule has 0 saturated heterocycles. The molecule has 0 aromatic heterocycles. The Kier molecular flexibility index (Phi) is 4.91. The number of amides is 2. The Morgan fingerprint density at radius 3 is 2.67 bits per heavy atom. The first-order valence-corrected chi connectivity index (χ1v) is 5.91. The largest absolute Gasteiger partial charge is 0.478 e. The third kappa shape index (κ3) is 4.21. The van der Waals surface area contributed by atoms with Crippen molar-refractivity contribution >= 4 is 33.6 Å². The Labute approximate surface area is 113 Å². The number of benzene rings is 1. The zero-order valence-corrected chi connectivity index (χ0v) is 11.4. The lowest BCUT2D eigenvalue weighted by Gasteiger charge is -2.08. The predicted octanol–water partition coefficient (Wildman–Crippen LogP) is 2.84. The summed E-state index contributed by atoms with van der Waals surface area (Å²) in [4.78, 5) is 22.4. The van der Waals surface area contributed by atoms with Crippen molar-refractivity contribution in [1.29, 1.82) is 0 Å². The Morgan fingerprint density at radius 2 is 2.11 bits per heavy atom. The summed E-state index contributed by atoms with van der Waals surface area (Å²) in [5.74, 6) is -1.06. The maximum absolute atomic E-state index is 11.5. The van der Waals surface area contributed by atoms with Gasteiger partial charge in [-0.25, -0.2) is 9.59 Å². The summed E-state index contributed by atoms with van der Waals surface area (Å²) < 4.78 is 0.461. The quantitative estimate of drug-likeness (QED) is 0.748. The van der Waals surface area contributed by atoms with Crippen LogP contribution >= 0.6 is 15.9 Å². The number of carboxylic acids is 1. The monoisotopic (exact) mass is 312 g/mol. The van der Waals surface area contributed by atoms with E-state index in [4.69, 9.17) is 5.11 Å². The van der Waals surface area contributed by atoms with Crippen molar-refractivity contribution in [2.75, 3.05) is 11.9 Å². The summed E-state index contributed by atoms with van der Waals surface area (Å²) >= 11 is 3.13. The van der Waals surface area contributed by atoms with E-state index in [2.05, 4.69) is 33.1 Å². The molecule has 96 valence electrons. The van der Waals surface area contributed by atoms with Crippen LogP contribution in [0.4, 0.5) is 10.5 Å². The van der Waals surface area contributed by atoms with E-state index in [-0.39, 0.29) is 5.56 Å². The lowest BCUT2D eigenvalue weighted by molar-refractivity contribution is 0.0696. The molecule has 0 fully saturated rings. The Bertz CT molecular complexity index is 500. The van der Waals surface area contributed by atoms with Crippen LogP contribution in [0.3, 0.4) is 0 Å². The third-order valence-electron chi connectivity index (χ3n) is 2.01. The lowest BCUT2D eigenvalue weighted by Crippen LogP contribution is -2.29. The Morgan fingerprint density at radius 1 is 1.44 bits per heavy atom. The van der Waals surface area contributed by atoms with Crippen LogP contribution in [0.5, 0.6) is 0 Å². The van der Waals surface area contributed by atoms with Gasteiger partial charge in [-0.15, -0.1) is 0 Å². The molecule has 5 nitrogen and oxygen atoms in total. The molecular formula is C12H13BrN2O3. The fourth-order valence-electron chi connectivity index (χ4n) is 1.17. The number of halogens is 1. The average Bonchev–Trinajstić information content (AvgIpc) is 2.28. The second-order valence-corrected chi connectivity index (χ2v) is 4.62. The van der Waals surface area contributed by atoms with E-state index in [1.807, 2.05) is 0 Å². The number of rotatable bonds is 4. The van der Waals surface area contributed by atoms with Gasteiger partial charge in [0.1, 0.15) is 0 Å². The van der Waals surface area contributed by atoms with Gasteiger partial charge < -0.3 is 15.7 Å². The molecule has 0 unspecified atom stereocenters. The standard InChI is InChI=1S/C12H13BrN2O3/c1-7(2)6-14-12(18)15-8-3-4-10(13)9(5-8)11(16)17/h3-5H,1,6H2,2H3,(H,16,17)(H2,14,15,18). The minimum atomic E-state index is -1.06. The van der Waals surface area contributed by atoms with E-state index in [1.165, 1.54) is 6.07 Å². The first-order valence-electron chi connectivity index (χ1n) is 5.12. The van der Waals surface area contributed by atoms with Crippen LogP contribution < -0.4 is 10.6 Å². The fourth-order valence-corrected chi connectivity index (χ4v) is 1.59. The maximum atomic E-state index is 11.5. The number of aromatic carboxylic acids is 1. The SMILES string of the molecule is C=C(C)CNC(=O)Nc1ccc(Br)c(C(=O)O)c1. The van der Waals surface area contributed by atoms with E-state index in [9.17, 15) is 9.59 Å². The highest BCUT2D eigenvalue weighted by Crippen LogP contribution is 2.21. The van der Waals surface area contributed by atoms with E-state index >= 15 is 0 Å². The van der Waals surface area contributed by atoms with Crippen molar-refractivity contribution in [2.24, 2.45) is 0 Å². The van der Waals surface area contributed by atoms with E-state index in [0.29, 0.717) is 16.7 Å². The number of carboxylic acid groups (broad SMARTS) is 1. The van der Waals surface area contributed by atoms with Crippen LogP contribution in [0.2, 0.25) is 0 Å². The maximum Gasteiger partial charge on any atom is 0.336 e. The summed E-state index contributed by atoms with van der Waals surface area (Å²) in [5.41, 5.74) is 1.33. The van der Waals surface area contributed by atoms with Crippen molar-refractivity contribution in [3.05, 3.63) is 40.4 Å². The predicted molar refractivity (Wildman–Crippen MR) is 72.9 cm³/mol. The smallest absolute Gasteiger partial charge is 0.336 e. The van der Waals surface area contributed by atoms with Gasteiger partial charge in [0, 0.05) is 16.7 Å². The molecule has 0 aliphatic rings. The number of urea groups is 1. The van der Waals surface area contributed by atoms with Crippen LogP contribution in [0, 0.1) is 0 Å². The van der Waals surface area contributed by atoms with Gasteiger partial charge in [0.25, 0.3) is 0 Å². The van der Waals surface area contributed by atoms with Crippen LogP contribution in [0.25, 0.3) is 0 Å². The van der Waals surface area contributed by atoms with Crippen LogP contribution in [0.15, 0.2) is 34.8 Å². The first kappa shape index (κ1) is 14.2. The fraction of sp³-hybridized carbons (Fsp3) is 0.167. The molecule has 1 rings (SSSR count). The highest BCUT2D eigenvalue weighted by atomic mass is 79.9. The molecule has 0 heterocycles. The van der Waals surface area contributed by atoms with Crippen molar-refractivity contribution in [3.8, 4) is 0 Å².